The smallest absolute Gasteiger partial charge is 0.273 e. The van der Waals surface area contributed by atoms with Crippen LogP contribution >= 0.6 is 11.6 Å². The first kappa shape index (κ1) is 18.0. The quantitative estimate of drug-likeness (QED) is 0.731. The number of methoxy groups -OCH3 is 2. The molecule has 0 aliphatic carbocycles. The molecule has 26 heavy (non-hydrogen) atoms. The third kappa shape index (κ3) is 3.30. The van der Waals surface area contributed by atoms with Crippen molar-refractivity contribution < 1.29 is 19.1 Å². The Morgan fingerprint density at radius 2 is 1.62 bits per heavy atom. The van der Waals surface area contributed by atoms with Crippen molar-refractivity contribution in [1.29, 1.82) is 0 Å². The van der Waals surface area contributed by atoms with Gasteiger partial charge in [0.25, 0.3) is 11.8 Å². The van der Waals surface area contributed by atoms with E-state index in [4.69, 9.17) is 21.1 Å². The van der Waals surface area contributed by atoms with Crippen molar-refractivity contribution in [2.24, 2.45) is 0 Å². The van der Waals surface area contributed by atoms with E-state index in [0.717, 1.165) is 5.56 Å². The number of benzene rings is 2. The molecule has 0 fully saturated rings. The minimum atomic E-state index is -0.462. The summed E-state index contributed by atoms with van der Waals surface area (Å²) < 4.78 is 10.5. The van der Waals surface area contributed by atoms with Gasteiger partial charge in [-0.15, -0.1) is 0 Å². The van der Waals surface area contributed by atoms with E-state index in [9.17, 15) is 9.59 Å². The normalized spacial score (nSPS) is 14.2. The molecular weight excluding hydrogens is 354 g/mol. The molecule has 0 unspecified atom stereocenters. The molecule has 2 aromatic rings. The fourth-order valence-corrected chi connectivity index (χ4v) is 3.17. The Bertz CT molecular complexity index is 877. The van der Waals surface area contributed by atoms with Gasteiger partial charge in [0.15, 0.2) is 11.5 Å². The standard InChI is InChI=1S/C20H18ClNO4/c1-25-15-9-8-13(12-16(15)26-2)10-11-22-19(23)17(18(21)20(22)24)14-6-4-3-5-7-14/h3-9,12H,10-11H2,1-2H3. The van der Waals surface area contributed by atoms with E-state index >= 15 is 0 Å². The molecule has 1 aliphatic rings. The molecule has 0 saturated heterocycles. The zero-order valence-electron chi connectivity index (χ0n) is 14.5. The summed E-state index contributed by atoms with van der Waals surface area (Å²) in [6, 6.07) is 14.5. The van der Waals surface area contributed by atoms with Gasteiger partial charge < -0.3 is 9.47 Å². The first-order chi connectivity index (χ1) is 12.6. The zero-order valence-corrected chi connectivity index (χ0v) is 15.2. The van der Waals surface area contributed by atoms with Gasteiger partial charge in [-0.2, -0.15) is 0 Å². The average molecular weight is 372 g/mol. The predicted octanol–water partition coefficient (Wildman–Crippen LogP) is 3.27. The summed E-state index contributed by atoms with van der Waals surface area (Å²) in [5.41, 5.74) is 1.82. The van der Waals surface area contributed by atoms with Crippen molar-refractivity contribution in [1.82, 2.24) is 4.90 Å². The number of ether oxygens (including phenoxy) is 2. The van der Waals surface area contributed by atoms with Gasteiger partial charge in [0.1, 0.15) is 5.03 Å². The highest BCUT2D eigenvalue weighted by molar-refractivity contribution is 6.55. The second-order valence-corrected chi connectivity index (χ2v) is 6.13. The Labute approximate surface area is 156 Å². The Hall–Kier alpha value is -2.79. The SMILES string of the molecule is COc1ccc(CCN2C(=O)C(Cl)=C(c3ccccc3)C2=O)cc1OC. The molecule has 0 radical (unpaired) electrons. The first-order valence-corrected chi connectivity index (χ1v) is 8.47. The Kier molecular flexibility index (Phi) is 5.28. The highest BCUT2D eigenvalue weighted by atomic mass is 35.5. The monoisotopic (exact) mass is 371 g/mol. The number of halogens is 1. The van der Waals surface area contributed by atoms with E-state index < -0.39 is 5.91 Å². The lowest BCUT2D eigenvalue weighted by molar-refractivity contribution is -0.136. The van der Waals surface area contributed by atoms with Gasteiger partial charge in [0.05, 0.1) is 19.8 Å². The molecule has 0 bridgehead atoms. The van der Waals surface area contributed by atoms with Crippen molar-refractivity contribution in [3.8, 4) is 11.5 Å². The van der Waals surface area contributed by atoms with Gasteiger partial charge in [-0.25, -0.2) is 0 Å². The van der Waals surface area contributed by atoms with Crippen LogP contribution in [-0.4, -0.2) is 37.5 Å². The van der Waals surface area contributed by atoms with Crippen LogP contribution in [0.25, 0.3) is 5.57 Å². The third-order valence-electron chi connectivity index (χ3n) is 4.25. The first-order valence-electron chi connectivity index (χ1n) is 8.09. The number of hydrogen-bond acceptors (Lipinski definition) is 4. The molecule has 5 nitrogen and oxygen atoms in total. The predicted molar refractivity (Wildman–Crippen MR) is 99.2 cm³/mol. The molecule has 0 spiro atoms. The van der Waals surface area contributed by atoms with E-state index in [1.165, 1.54) is 4.90 Å². The molecule has 2 amide bonds. The van der Waals surface area contributed by atoms with Gasteiger partial charge in [0, 0.05) is 6.54 Å². The molecule has 1 aliphatic heterocycles. The lowest BCUT2D eigenvalue weighted by atomic mass is 10.1. The summed E-state index contributed by atoms with van der Waals surface area (Å²) in [5, 5.41) is -0.0338. The summed E-state index contributed by atoms with van der Waals surface area (Å²) in [4.78, 5) is 26.3. The van der Waals surface area contributed by atoms with Crippen LogP contribution in [0.4, 0.5) is 0 Å². The topological polar surface area (TPSA) is 55.8 Å². The van der Waals surface area contributed by atoms with Crippen molar-refractivity contribution in [3.05, 3.63) is 64.7 Å². The number of hydrogen-bond donors (Lipinski definition) is 0. The molecule has 1 heterocycles. The summed E-state index contributed by atoms with van der Waals surface area (Å²) in [6.45, 7) is 0.236. The molecule has 2 aromatic carbocycles. The Morgan fingerprint density at radius 1 is 0.923 bits per heavy atom. The van der Waals surface area contributed by atoms with E-state index in [1.54, 1.807) is 44.6 Å². The average Bonchev–Trinajstić information content (AvgIpc) is 2.89. The number of carbonyl (C=O) groups excluding carboxylic acids is 2. The van der Waals surface area contributed by atoms with Crippen molar-refractivity contribution in [2.75, 3.05) is 20.8 Å². The number of amides is 2. The van der Waals surface area contributed by atoms with Crippen LogP contribution in [0.15, 0.2) is 53.6 Å². The lowest BCUT2D eigenvalue weighted by Gasteiger charge is -2.15. The van der Waals surface area contributed by atoms with Gasteiger partial charge in [0.2, 0.25) is 0 Å². The van der Waals surface area contributed by atoms with Gasteiger partial charge in [-0.1, -0.05) is 48.0 Å². The summed E-state index contributed by atoms with van der Waals surface area (Å²) in [7, 11) is 3.13. The number of carbonyl (C=O) groups is 2. The summed E-state index contributed by atoms with van der Waals surface area (Å²) >= 11 is 6.15. The summed E-state index contributed by atoms with van der Waals surface area (Å²) in [6.07, 6.45) is 0.490. The van der Waals surface area contributed by atoms with Crippen molar-refractivity contribution >= 4 is 29.0 Å². The van der Waals surface area contributed by atoms with Crippen LogP contribution in [0.1, 0.15) is 11.1 Å². The fourth-order valence-electron chi connectivity index (χ4n) is 2.88. The van der Waals surface area contributed by atoms with Crippen LogP contribution < -0.4 is 9.47 Å². The van der Waals surface area contributed by atoms with Gasteiger partial charge in [-0.05, 0) is 29.7 Å². The maximum absolute atomic E-state index is 12.7. The number of rotatable bonds is 6. The second kappa shape index (κ2) is 7.62. The van der Waals surface area contributed by atoms with E-state index in [0.29, 0.717) is 23.5 Å². The second-order valence-electron chi connectivity index (χ2n) is 5.76. The molecule has 0 atom stereocenters. The molecular formula is C20H18ClNO4. The summed E-state index contributed by atoms with van der Waals surface area (Å²) in [5.74, 6) is 0.397. The van der Waals surface area contributed by atoms with E-state index in [1.807, 2.05) is 18.2 Å². The van der Waals surface area contributed by atoms with Gasteiger partial charge >= 0.3 is 0 Å². The highest BCUT2D eigenvalue weighted by Crippen LogP contribution is 2.32. The van der Waals surface area contributed by atoms with Crippen molar-refractivity contribution in [2.45, 2.75) is 6.42 Å². The molecule has 0 saturated carbocycles. The molecule has 134 valence electrons. The highest BCUT2D eigenvalue weighted by Gasteiger charge is 2.37. The number of nitrogens with zero attached hydrogens (tertiary/aromatic N) is 1. The van der Waals surface area contributed by atoms with Crippen LogP contribution in [-0.2, 0) is 16.0 Å². The minimum absolute atomic E-state index is 0.0338. The maximum Gasteiger partial charge on any atom is 0.273 e. The molecule has 0 aromatic heterocycles. The Balaban J connectivity index is 1.76. The van der Waals surface area contributed by atoms with Crippen LogP contribution in [0, 0.1) is 0 Å². The van der Waals surface area contributed by atoms with Crippen LogP contribution in [0.5, 0.6) is 11.5 Å². The van der Waals surface area contributed by atoms with E-state index in [2.05, 4.69) is 0 Å². The Morgan fingerprint density at radius 3 is 2.27 bits per heavy atom. The minimum Gasteiger partial charge on any atom is -0.493 e. The molecule has 3 rings (SSSR count). The molecule has 6 heteroatoms. The van der Waals surface area contributed by atoms with Crippen LogP contribution in [0.3, 0.4) is 0 Å². The number of imide groups is 1. The van der Waals surface area contributed by atoms with Crippen LogP contribution in [0.2, 0.25) is 0 Å². The largest absolute Gasteiger partial charge is 0.493 e. The van der Waals surface area contributed by atoms with Gasteiger partial charge in [-0.3, -0.25) is 14.5 Å². The lowest BCUT2D eigenvalue weighted by Crippen LogP contribution is -2.33. The molecule has 0 N–H and O–H groups in total. The fraction of sp³-hybridized carbons (Fsp3) is 0.200. The van der Waals surface area contributed by atoms with Crippen molar-refractivity contribution in [3.63, 3.8) is 0 Å². The zero-order chi connectivity index (χ0) is 18.7. The van der Waals surface area contributed by atoms with E-state index in [-0.39, 0.29) is 23.1 Å². The maximum atomic E-state index is 12.7. The third-order valence-corrected chi connectivity index (χ3v) is 4.60.